The molecule has 1 amide bonds. The third-order valence-electron chi connectivity index (χ3n) is 3.03. The van der Waals surface area contributed by atoms with Crippen molar-refractivity contribution in [2.45, 2.75) is 13.5 Å². The van der Waals surface area contributed by atoms with E-state index in [1.54, 1.807) is 18.3 Å². The van der Waals surface area contributed by atoms with Crippen LogP contribution in [-0.4, -0.2) is 20.3 Å². The number of hydrogen-bond donors (Lipinski definition) is 2. The number of nitrogens with one attached hydrogen (secondary N) is 2. The molecule has 0 aliphatic rings. The summed E-state index contributed by atoms with van der Waals surface area (Å²) in [6.07, 6.45) is 5.51. The fourth-order valence-electron chi connectivity index (χ4n) is 2.09. The van der Waals surface area contributed by atoms with Gasteiger partial charge in [-0.05, 0) is 24.3 Å². The highest BCUT2D eigenvalue weighted by Gasteiger charge is 2.05. The number of amides is 1. The highest BCUT2D eigenvalue weighted by Crippen LogP contribution is 2.26. The minimum atomic E-state index is -0.131. The van der Waals surface area contributed by atoms with Gasteiger partial charge in [0.1, 0.15) is 0 Å². The van der Waals surface area contributed by atoms with Crippen LogP contribution < -0.4 is 10.6 Å². The fraction of sp³-hybridized carbons (Fsp3) is 0.133. The van der Waals surface area contributed by atoms with Crippen molar-refractivity contribution >= 4 is 34.7 Å². The van der Waals surface area contributed by atoms with Gasteiger partial charge in [-0.3, -0.25) is 9.20 Å². The van der Waals surface area contributed by atoms with Crippen LogP contribution in [0.3, 0.4) is 0 Å². The number of benzene rings is 1. The molecule has 0 spiro atoms. The van der Waals surface area contributed by atoms with Crippen LogP contribution in [0.5, 0.6) is 0 Å². The highest BCUT2D eigenvalue weighted by atomic mass is 35.5. The Balaban J connectivity index is 1.71. The fourth-order valence-corrected chi connectivity index (χ4v) is 2.34. The summed E-state index contributed by atoms with van der Waals surface area (Å²) in [6.45, 7) is 1.99. The van der Waals surface area contributed by atoms with E-state index in [1.807, 2.05) is 28.9 Å². The summed E-state index contributed by atoms with van der Waals surface area (Å²) < 4.78 is 1.86. The van der Waals surface area contributed by atoms with E-state index in [-0.39, 0.29) is 5.91 Å². The number of anilines is 2. The molecular formula is C15H14ClN5O. The first-order chi connectivity index (χ1) is 10.6. The van der Waals surface area contributed by atoms with Gasteiger partial charge >= 0.3 is 0 Å². The van der Waals surface area contributed by atoms with Crippen LogP contribution in [0, 0.1) is 0 Å². The quantitative estimate of drug-likeness (QED) is 0.776. The smallest absolute Gasteiger partial charge is 0.233 e. The van der Waals surface area contributed by atoms with Gasteiger partial charge < -0.3 is 10.6 Å². The predicted octanol–water partition coefficient (Wildman–Crippen LogP) is 2.95. The summed E-state index contributed by atoms with van der Waals surface area (Å²) >= 11 is 6.21. The Kier molecular flexibility index (Phi) is 3.93. The van der Waals surface area contributed by atoms with Crippen LogP contribution in [0.4, 0.5) is 11.4 Å². The molecule has 0 bridgehead atoms. The minimum absolute atomic E-state index is 0.131. The van der Waals surface area contributed by atoms with Crippen molar-refractivity contribution in [1.82, 2.24) is 14.4 Å². The molecule has 2 aromatic heterocycles. The molecule has 2 N–H and O–H groups in total. The molecule has 0 saturated heterocycles. The second-order valence-electron chi connectivity index (χ2n) is 4.79. The van der Waals surface area contributed by atoms with Gasteiger partial charge in [-0.15, -0.1) is 0 Å². The van der Waals surface area contributed by atoms with Gasteiger partial charge in [-0.1, -0.05) is 11.6 Å². The number of hydrogen-bond acceptors (Lipinski definition) is 4. The maximum absolute atomic E-state index is 11.0. The van der Waals surface area contributed by atoms with Crippen LogP contribution in [0.1, 0.15) is 12.6 Å². The van der Waals surface area contributed by atoms with E-state index in [1.165, 1.54) is 6.92 Å². The maximum atomic E-state index is 11.0. The number of nitrogens with zero attached hydrogens (tertiary/aromatic N) is 3. The van der Waals surface area contributed by atoms with E-state index in [4.69, 9.17) is 11.6 Å². The number of rotatable bonds is 4. The van der Waals surface area contributed by atoms with Gasteiger partial charge in [0.05, 0.1) is 22.9 Å². The van der Waals surface area contributed by atoms with E-state index in [9.17, 15) is 4.79 Å². The van der Waals surface area contributed by atoms with Gasteiger partial charge in [0.25, 0.3) is 0 Å². The zero-order chi connectivity index (χ0) is 15.5. The first kappa shape index (κ1) is 14.3. The van der Waals surface area contributed by atoms with E-state index in [0.29, 0.717) is 23.0 Å². The van der Waals surface area contributed by atoms with Gasteiger partial charge in [0.15, 0.2) is 0 Å². The molecule has 0 aliphatic heterocycles. The van der Waals surface area contributed by atoms with Crippen molar-refractivity contribution in [3.8, 4) is 0 Å². The molecule has 0 aliphatic carbocycles. The van der Waals surface area contributed by atoms with Crippen LogP contribution in [0.15, 0.2) is 42.9 Å². The first-order valence-electron chi connectivity index (χ1n) is 6.71. The van der Waals surface area contributed by atoms with Crippen molar-refractivity contribution in [2.75, 3.05) is 10.6 Å². The summed E-state index contributed by atoms with van der Waals surface area (Å²) in [5, 5.41) is 6.45. The minimum Gasteiger partial charge on any atom is -0.378 e. The van der Waals surface area contributed by atoms with Gasteiger partial charge in [-0.25, -0.2) is 9.97 Å². The topological polar surface area (TPSA) is 71.3 Å². The second-order valence-corrected chi connectivity index (χ2v) is 5.20. The molecule has 6 nitrogen and oxygen atoms in total. The molecule has 0 atom stereocenters. The maximum Gasteiger partial charge on any atom is 0.233 e. The Morgan fingerprint density at radius 3 is 3.00 bits per heavy atom. The summed E-state index contributed by atoms with van der Waals surface area (Å²) in [4.78, 5) is 19.6. The Morgan fingerprint density at radius 1 is 1.41 bits per heavy atom. The van der Waals surface area contributed by atoms with Gasteiger partial charge in [0, 0.05) is 31.2 Å². The largest absolute Gasteiger partial charge is 0.378 e. The molecule has 0 fully saturated rings. The number of fused-ring (bicyclic) bond motifs is 1. The molecule has 2 heterocycles. The average Bonchev–Trinajstić information content (AvgIpc) is 2.88. The van der Waals surface area contributed by atoms with E-state index >= 15 is 0 Å². The van der Waals surface area contributed by atoms with Crippen molar-refractivity contribution in [3.05, 3.63) is 53.6 Å². The highest BCUT2D eigenvalue weighted by molar-refractivity contribution is 6.33. The molecule has 0 radical (unpaired) electrons. The molecular weight excluding hydrogens is 302 g/mol. The van der Waals surface area contributed by atoms with Crippen molar-refractivity contribution in [3.63, 3.8) is 0 Å². The molecule has 3 aromatic rings. The zero-order valence-electron chi connectivity index (χ0n) is 11.9. The summed E-state index contributed by atoms with van der Waals surface area (Å²) in [5.74, 6) is 0.528. The van der Waals surface area contributed by atoms with E-state index < -0.39 is 0 Å². The van der Waals surface area contributed by atoms with Crippen LogP contribution in [-0.2, 0) is 11.3 Å². The number of halogens is 1. The average molecular weight is 316 g/mol. The molecule has 0 unspecified atom stereocenters. The van der Waals surface area contributed by atoms with Crippen LogP contribution >= 0.6 is 11.6 Å². The lowest BCUT2D eigenvalue weighted by Crippen LogP contribution is -2.06. The number of aromatic nitrogens is 3. The monoisotopic (exact) mass is 315 g/mol. The number of carbonyl (C=O) groups excluding carboxylic acids is 1. The second kappa shape index (κ2) is 6.03. The first-order valence-corrected chi connectivity index (χ1v) is 7.09. The lowest BCUT2D eigenvalue weighted by atomic mass is 10.2. The van der Waals surface area contributed by atoms with E-state index in [0.717, 1.165) is 11.4 Å². The third kappa shape index (κ3) is 3.17. The van der Waals surface area contributed by atoms with Crippen molar-refractivity contribution < 1.29 is 4.79 Å². The van der Waals surface area contributed by atoms with Crippen molar-refractivity contribution in [1.29, 1.82) is 0 Å². The summed E-state index contributed by atoms with van der Waals surface area (Å²) in [6, 6.07) is 7.17. The van der Waals surface area contributed by atoms with Crippen molar-refractivity contribution in [2.24, 2.45) is 0 Å². The molecule has 3 rings (SSSR count). The number of carbonyl (C=O) groups is 1. The number of imidazole rings is 1. The van der Waals surface area contributed by atoms with Crippen LogP contribution in [0.2, 0.25) is 5.02 Å². The molecule has 1 aromatic carbocycles. The van der Waals surface area contributed by atoms with Gasteiger partial charge in [0.2, 0.25) is 11.7 Å². The Morgan fingerprint density at radius 2 is 2.27 bits per heavy atom. The molecule has 0 saturated carbocycles. The lowest BCUT2D eigenvalue weighted by Gasteiger charge is -2.09. The molecule has 22 heavy (non-hydrogen) atoms. The Hall–Kier alpha value is -2.60. The standard InChI is InChI=1S/C15H14ClN5O/c1-10(22)19-11-3-4-14(13(16)7-11)18-8-12-9-21-6-2-5-17-15(21)20-12/h2-7,9,18H,8H2,1H3,(H,19,22). The van der Waals surface area contributed by atoms with E-state index in [2.05, 4.69) is 20.6 Å². The lowest BCUT2D eigenvalue weighted by molar-refractivity contribution is -0.114. The normalized spacial score (nSPS) is 10.6. The summed E-state index contributed by atoms with van der Waals surface area (Å²) in [5.41, 5.74) is 2.31. The SMILES string of the molecule is CC(=O)Nc1ccc(NCc2cn3cccnc3n2)c(Cl)c1. The Bertz CT molecular complexity index is 797. The summed E-state index contributed by atoms with van der Waals surface area (Å²) in [7, 11) is 0. The predicted molar refractivity (Wildman–Crippen MR) is 86.1 cm³/mol. The third-order valence-corrected chi connectivity index (χ3v) is 3.35. The van der Waals surface area contributed by atoms with Gasteiger partial charge in [-0.2, -0.15) is 0 Å². The Labute approximate surface area is 132 Å². The zero-order valence-corrected chi connectivity index (χ0v) is 12.6. The van der Waals surface area contributed by atoms with Crippen LogP contribution in [0.25, 0.3) is 5.78 Å². The molecule has 112 valence electrons. The molecule has 7 heteroatoms.